The van der Waals surface area contributed by atoms with Crippen LogP contribution in [0.5, 0.6) is 0 Å². The topological polar surface area (TPSA) is 93.0 Å². The Bertz CT molecular complexity index is 1010. The lowest BCUT2D eigenvalue weighted by Gasteiger charge is -2.10. The van der Waals surface area contributed by atoms with Crippen molar-refractivity contribution in [3.05, 3.63) is 29.5 Å². The summed E-state index contributed by atoms with van der Waals surface area (Å²) in [5.74, 6) is -0.0707. The van der Waals surface area contributed by atoms with Gasteiger partial charge < -0.3 is 5.32 Å². The summed E-state index contributed by atoms with van der Waals surface area (Å²) in [5, 5.41) is 10.6. The molecular weight excluding hydrogens is 364 g/mol. The van der Waals surface area contributed by atoms with Crippen molar-refractivity contribution >= 4 is 45.0 Å². The van der Waals surface area contributed by atoms with E-state index in [4.69, 9.17) is 0 Å². The molecule has 2 amide bonds. The molecule has 0 spiro atoms. The quantitative estimate of drug-likeness (QED) is 0.730. The summed E-state index contributed by atoms with van der Waals surface area (Å²) < 4.78 is 1.84. The maximum atomic E-state index is 12.4. The van der Waals surface area contributed by atoms with Gasteiger partial charge in [0.2, 0.25) is 11.8 Å². The first kappa shape index (κ1) is 17.6. The molecule has 1 N–H and O–H groups in total. The highest BCUT2D eigenvalue weighted by atomic mass is 32.1. The van der Waals surface area contributed by atoms with Gasteiger partial charge in [-0.25, -0.2) is 14.6 Å². The number of nitrogens with zero attached hydrogens (tertiary/aromatic N) is 5. The number of carbonyl (C=O) groups excluding carboxylic acids is 2. The monoisotopic (exact) mass is 384 g/mol. The van der Waals surface area contributed by atoms with Gasteiger partial charge in [0.25, 0.3) is 0 Å². The van der Waals surface area contributed by atoms with E-state index in [9.17, 15) is 9.59 Å². The highest BCUT2D eigenvalue weighted by molar-refractivity contribution is 7.14. The van der Waals surface area contributed by atoms with Crippen LogP contribution in [-0.4, -0.2) is 38.1 Å². The van der Waals surface area contributed by atoms with Gasteiger partial charge in [-0.3, -0.25) is 14.5 Å². The summed E-state index contributed by atoms with van der Waals surface area (Å²) in [7, 11) is 0. The van der Waals surface area contributed by atoms with E-state index in [-0.39, 0.29) is 24.3 Å². The largest absolute Gasteiger partial charge is 0.324 e. The van der Waals surface area contributed by atoms with Crippen LogP contribution in [0, 0.1) is 0 Å². The third-order valence-electron chi connectivity index (χ3n) is 4.39. The Morgan fingerprint density at radius 2 is 2.22 bits per heavy atom. The fourth-order valence-corrected chi connectivity index (χ4v) is 3.98. The Morgan fingerprint density at radius 1 is 1.37 bits per heavy atom. The zero-order valence-corrected chi connectivity index (χ0v) is 16.0. The zero-order chi connectivity index (χ0) is 19.0. The Hall–Kier alpha value is -2.81. The van der Waals surface area contributed by atoms with Crippen molar-refractivity contribution in [2.45, 2.75) is 39.2 Å². The Balaban J connectivity index is 1.43. The number of hydrogen-bond donors (Lipinski definition) is 1. The Kier molecular flexibility index (Phi) is 4.61. The van der Waals surface area contributed by atoms with Crippen LogP contribution in [0.1, 0.15) is 38.4 Å². The molecule has 140 valence electrons. The summed E-state index contributed by atoms with van der Waals surface area (Å²) in [5.41, 5.74) is 2.08. The van der Waals surface area contributed by atoms with Crippen molar-refractivity contribution in [1.29, 1.82) is 0 Å². The smallest absolute Gasteiger partial charge is 0.230 e. The lowest BCUT2D eigenvalue weighted by molar-refractivity contribution is -0.117. The molecule has 0 atom stereocenters. The van der Waals surface area contributed by atoms with Crippen LogP contribution in [0.15, 0.2) is 23.8 Å². The first-order chi connectivity index (χ1) is 13.0. The van der Waals surface area contributed by atoms with Crippen molar-refractivity contribution in [1.82, 2.24) is 19.7 Å². The average molecular weight is 384 g/mol. The van der Waals surface area contributed by atoms with Crippen LogP contribution < -0.4 is 10.2 Å². The molecule has 1 saturated heterocycles. The summed E-state index contributed by atoms with van der Waals surface area (Å²) in [4.78, 5) is 34.7. The van der Waals surface area contributed by atoms with Crippen molar-refractivity contribution in [3.63, 3.8) is 0 Å². The third kappa shape index (κ3) is 3.55. The average Bonchev–Trinajstić information content (AvgIpc) is 3.33. The van der Waals surface area contributed by atoms with E-state index in [1.165, 1.54) is 11.3 Å². The van der Waals surface area contributed by atoms with Crippen molar-refractivity contribution in [3.8, 4) is 0 Å². The molecule has 3 aromatic rings. The standard InChI is InChI=1S/C18H20N6O2S/c1-11(2)24-17-12(8-20-24)6-13(9-19-17)21-15(25)7-14-10-27-18(22-14)23-5-3-4-16(23)26/h6,8-11H,3-5,7H2,1-2H3,(H,21,25). The molecule has 1 fully saturated rings. The molecule has 27 heavy (non-hydrogen) atoms. The predicted molar refractivity (Wildman–Crippen MR) is 104 cm³/mol. The SMILES string of the molecule is CC(C)n1ncc2cc(NC(=O)Cc3csc(N4CCCC4=O)n3)cnc21. The molecule has 0 aromatic carbocycles. The molecule has 3 aromatic heterocycles. The molecule has 0 bridgehead atoms. The lowest BCUT2D eigenvalue weighted by atomic mass is 10.3. The highest BCUT2D eigenvalue weighted by Gasteiger charge is 2.24. The number of carbonyl (C=O) groups is 2. The first-order valence-electron chi connectivity index (χ1n) is 8.89. The van der Waals surface area contributed by atoms with Crippen LogP contribution in [0.25, 0.3) is 11.0 Å². The van der Waals surface area contributed by atoms with Crippen LogP contribution in [0.2, 0.25) is 0 Å². The minimum Gasteiger partial charge on any atom is -0.324 e. The predicted octanol–water partition coefficient (Wildman–Crippen LogP) is 2.78. The molecule has 0 saturated carbocycles. The fraction of sp³-hybridized carbons (Fsp3) is 0.389. The Morgan fingerprint density at radius 3 is 2.96 bits per heavy atom. The van der Waals surface area contributed by atoms with E-state index in [0.29, 0.717) is 29.5 Å². The number of aromatic nitrogens is 4. The molecule has 8 nitrogen and oxygen atoms in total. The van der Waals surface area contributed by atoms with Gasteiger partial charge in [-0.15, -0.1) is 11.3 Å². The van der Waals surface area contributed by atoms with Gasteiger partial charge in [0.15, 0.2) is 10.8 Å². The number of fused-ring (bicyclic) bond motifs is 1. The molecular formula is C18H20N6O2S. The van der Waals surface area contributed by atoms with Gasteiger partial charge in [-0.2, -0.15) is 5.10 Å². The minimum absolute atomic E-state index is 0.0988. The lowest BCUT2D eigenvalue weighted by Crippen LogP contribution is -2.23. The fourth-order valence-electron chi connectivity index (χ4n) is 3.11. The number of amides is 2. The third-order valence-corrected chi connectivity index (χ3v) is 5.30. The van der Waals surface area contributed by atoms with E-state index >= 15 is 0 Å². The number of pyridine rings is 1. The van der Waals surface area contributed by atoms with Crippen molar-refractivity contribution < 1.29 is 9.59 Å². The van der Waals surface area contributed by atoms with Gasteiger partial charge in [-0.1, -0.05) is 0 Å². The molecule has 0 radical (unpaired) electrons. The molecule has 4 rings (SSSR count). The summed E-state index contributed by atoms with van der Waals surface area (Å²) in [6, 6.07) is 2.08. The van der Waals surface area contributed by atoms with Gasteiger partial charge in [0, 0.05) is 29.8 Å². The second-order valence-electron chi connectivity index (χ2n) is 6.82. The summed E-state index contributed by atoms with van der Waals surface area (Å²) in [6.45, 7) is 4.79. The summed E-state index contributed by atoms with van der Waals surface area (Å²) >= 11 is 1.40. The van der Waals surface area contributed by atoms with Crippen LogP contribution in [0.3, 0.4) is 0 Å². The van der Waals surface area contributed by atoms with Crippen LogP contribution in [0.4, 0.5) is 10.8 Å². The van der Waals surface area contributed by atoms with Crippen molar-refractivity contribution in [2.75, 3.05) is 16.8 Å². The molecule has 0 aliphatic carbocycles. The number of rotatable bonds is 5. The number of anilines is 2. The van der Waals surface area contributed by atoms with Crippen LogP contribution in [-0.2, 0) is 16.0 Å². The maximum Gasteiger partial charge on any atom is 0.230 e. The molecule has 4 heterocycles. The highest BCUT2D eigenvalue weighted by Crippen LogP contribution is 2.25. The number of hydrogen-bond acceptors (Lipinski definition) is 6. The van der Waals surface area contributed by atoms with Crippen molar-refractivity contribution in [2.24, 2.45) is 0 Å². The second kappa shape index (κ2) is 7.07. The van der Waals surface area contributed by atoms with Gasteiger partial charge in [-0.05, 0) is 26.3 Å². The van der Waals surface area contributed by atoms with Gasteiger partial charge in [0.05, 0.1) is 30.2 Å². The second-order valence-corrected chi connectivity index (χ2v) is 7.65. The normalized spacial score (nSPS) is 14.5. The maximum absolute atomic E-state index is 12.4. The minimum atomic E-state index is -0.169. The van der Waals surface area contributed by atoms with Gasteiger partial charge >= 0.3 is 0 Å². The van der Waals surface area contributed by atoms with E-state index in [1.807, 2.05) is 30.0 Å². The molecule has 0 unspecified atom stereocenters. The zero-order valence-electron chi connectivity index (χ0n) is 15.2. The van der Waals surface area contributed by atoms with E-state index < -0.39 is 0 Å². The van der Waals surface area contributed by atoms with E-state index in [2.05, 4.69) is 20.4 Å². The first-order valence-corrected chi connectivity index (χ1v) is 9.77. The van der Waals surface area contributed by atoms with Gasteiger partial charge in [0.1, 0.15) is 0 Å². The Labute approximate surface area is 160 Å². The molecule has 1 aliphatic heterocycles. The summed E-state index contributed by atoms with van der Waals surface area (Å²) in [6.07, 6.45) is 4.96. The van der Waals surface area contributed by atoms with Crippen LogP contribution >= 0.6 is 11.3 Å². The number of nitrogens with one attached hydrogen (secondary N) is 1. The molecule has 1 aliphatic rings. The molecule has 9 heteroatoms. The van der Waals surface area contributed by atoms with E-state index in [1.54, 1.807) is 17.3 Å². The number of thiazole rings is 1. The van der Waals surface area contributed by atoms with E-state index in [0.717, 1.165) is 17.5 Å².